The number of pyridine rings is 1. The van der Waals surface area contributed by atoms with E-state index in [2.05, 4.69) is 10.3 Å². The van der Waals surface area contributed by atoms with E-state index in [1.165, 1.54) is 6.26 Å². The van der Waals surface area contributed by atoms with Gasteiger partial charge in [0.15, 0.2) is 9.84 Å². The van der Waals surface area contributed by atoms with E-state index >= 15 is 0 Å². The molecule has 0 fully saturated rings. The lowest BCUT2D eigenvalue weighted by molar-refractivity contribution is 0.559. The second-order valence-corrected chi connectivity index (χ2v) is 8.13. The highest BCUT2D eigenvalue weighted by molar-refractivity contribution is 7.92. The summed E-state index contributed by atoms with van der Waals surface area (Å²) in [6.45, 7) is 3.52. The summed E-state index contributed by atoms with van der Waals surface area (Å²) in [5.74, 6) is 0.519. The van der Waals surface area contributed by atoms with Gasteiger partial charge in [0.1, 0.15) is 5.82 Å². The Bertz CT molecular complexity index is 791. The molecule has 1 aromatic heterocycles. The van der Waals surface area contributed by atoms with Crippen molar-refractivity contribution in [3.05, 3.63) is 40.7 Å². The highest BCUT2D eigenvalue weighted by Crippen LogP contribution is 2.17. The lowest BCUT2D eigenvalue weighted by Crippen LogP contribution is -2.38. The Morgan fingerprint density at radius 2 is 1.90 bits per heavy atom. The highest BCUT2D eigenvalue weighted by Gasteiger charge is 2.29. The second-order valence-electron chi connectivity index (χ2n) is 5.48. The zero-order chi connectivity index (χ0) is 15.0. The van der Waals surface area contributed by atoms with Crippen LogP contribution in [0.1, 0.15) is 13.8 Å². The van der Waals surface area contributed by atoms with Crippen molar-refractivity contribution in [2.75, 3.05) is 18.1 Å². The molecule has 0 aliphatic rings. The molecule has 2 N–H and O–H groups in total. The van der Waals surface area contributed by atoms with Crippen molar-refractivity contribution < 1.29 is 8.42 Å². The third kappa shape index (κ3) is 2.85. The topological polar surface area (TPSA) is 79.0 Å². The Balaban J connectivity index is 2.30. The molecule has 0 spiro atoms. The molecule has 0 bridgehead atoms. The Morgan fingerprint density at radius 1 is 1.25 bits per heavy atom. The van der Waals surface area contributed by atoms with Gasteiger partial charge in [-0.25, -0.2) is 8.42 Å². The van der Waals surface area contributed by atoms with Gasteiger partial charge in [-0.3, -0.25) is 4.79 Å². The van der Waals surface area contributed by atoms with Crippen molar-refractivity contribution in [2.24, 2.45) is 0 Å². The normalized spacial score (nSPS) is 12.6. The maximum absolute atomic E-state index is 11.9. The van der Waals surface area contributed by atoms with Gasteiger partial charge in [-0.05, 0) is 31.4 Å². The molecule has 6 heteroatoms. The van der Waals surface area contributed by atoms with Gasteiger partial charge in [0.25, 0.3) is 5.56 Å². The summed E-state index contributed by atoms with van der Waals surface area (Å²) >= 11 is 0. The van der Waals surface area contributed by atoms with Crippen molar-refractivity contribution in [3.8, 4) is 0 Å². The van der Waals surface area contributed by atoms with Gasteiger partial charge in [-0.15, -0.1) is 0 Å². The number of anilines is 1. The Morgan fingerprint density at radius 3 is 2.55 bits per heavy atom. The molecule has 0 amide bonds. The molecular weight excluding hydrogens is 276 g/mol. The van der Waals surface area contributed by atoms with Crippen molar-refractivity contribution in [1.82, 2.24) is 4.98 Å². The molecule has 0 saturated heterocycles. The molecule has 1 heterocycles. The number of aromatic amines is 1. The average molecular weight is 294 g/mol. The molecule has 0 aliphatic carbocycles. The average Bonchev–Trinajstić information content (AvgIpc) is 2.35. The minimum Gasteiger partial charge on any atom is -0.370 e. The molecule has 1 aromatic carbocycles. The predicted octanol–water partition coefficient (Wildman–Crippen LogP) is 1.76. The molecule has 0 saturated carbocycles. The van der Waals surface area contributed by atoms with Crippen LogP contribution in [0.3, 0.4) is 0 Å². The quantitative estimate of drug-likeness (QED) is 0.900. The van der Waals surface area contributed by atoms with E-state index in [1.54, 1.807) is 32.0 Å². The maximum Gasteiger partial charge on any atom is 0.257 e. The monoisotopic (exact) mass is 294 g/mol. The molecule has 20 heavy (non-hydrogen) atoms. The van der Waals surface area contributed by atoms with E-state index in [-0.39, 0.29) is 12.1 Å². The summed E-state index contributed by atoms with van der Waals surface area (Å²) in [5.41, 5.74) is -0.192. The van der Waals surface area contributed by atoms with Gasteiger partial charge in [0, 0.05) is 18.2 Å². The van der Waals surface area contributed by atoms with Crippen molar-refractivity contribution in [1.29, 1.82) is 0 Å². The molecule has 0 aliphatic heterocycles. The number of hydrogen-bond donors (Lipinski definition) is 2. The van der Waals surface area contributed by atoms with Crippen LogP contribution in [0.25, 0.3) is 10.8 Å². The lowest BCUT2D eigenvalue weighted by atomic mass is 10.1. The minimum atomic E-state index is -3.18. The molecule has 2 aromatic rings. The van der Waals surface area contributed by atoms with Crippen LogP contribution in [0.5, 0.6) is 0 Å². The summed E-state index contributed by atoms with van der Waals surface area (Å²) in [4.78, 5) is 14.6. The van der Waals surface area contributed by atoms with Crippen LogP contribution in [0.2, 0.25) is 0 Å². The fraction of sp³-hybridized carbons (Fsp3) is 0.357. The SMILES string of the molecule is CC(C)(CNc1cc2ccccc2c(=O)[nH]1)S(C)(=O)=O. The molecule has 0 radical (unpaired) electrons. The van der Waals surface area contributed by atoms with Crippen LogP contribution < -0.4 is 10.9 Å². The maximum atomic E-state index is 11.9. The second kappa shape index (κ2) is 4.94. The van der Waals surface area contributed by atoms with Crippen LogP contribution in [0.15, 0.2) is 35.1 Å². The number of rotatable bonds is 4. The third-order valence-corrected chi connectivity index (χ3v) is 5.61. The first-order valence-electron chi connectivity index (χ1n) is 6.26. The zero-order valence-corrected chi connectivity index (χ0v) is 12.5. The fourth-order valence-electron chi connectivity index (χ4n) is 1.75. The van der Waals surface area contributed by atoms with E-state index in [1.807, 2.05) is 12.1 Å². The summed E-state index contributed by atoms with van der Waals surface area (Å²) in [7, 11) is -3.18. The highest BCUT2D eigenvalue weighted by atomic mass is 32.2. The molecule has 5 nitrogen and oxygen atoms in total. The van der Waals surface area contributed by atoms with Crippen LogP contribution in [-0.2, 0) is 9.84 Å². The van der Waals surface area contributed by atoms with Crippen LogP contribution >= 0.6 is 0 Å². The number of nitrogens with one attached hydrogen (secondary N) is 2. The predicted molar refractivity (Wildman–Crippen MR) is 82.0 cm³/mol. The summed E-state index contributed by atoms with van der Waals surface area (Å²) in [5, 5.41) is 4.42. The molecule has 0 unspecified atom stereocenters. The largest absolute Gasteiger partial charge is 0.370 e. The van der Waals surface area contributed by atoms with Gasteiger partial charge >= 0.3 is 0 Å². The van der Waals surface area contributed by atoms with E-state index in [9.17, 15) is 13.2 Å². The van der Waals surface area contributed by atoms with E-state index < -0.39 is 14.6 Å². The van der Waals surface area contributed by atoms with Crippen LogP contribution in [0, 0.1) is 0 Å². The van der Waals surface area contributed by atoms with Crippen LogP contribution in [0.4, 0.5) is 5.82 Å². The van der Waals surface area contributed by atoms with E-state index in [0.29, 0.717) is 11.2 Å². The minimum absolute atomic E-state index is 0.192. The summed E-state index contributed by atoms with van der Waals surface area (Å²) in [6, 6.07) is 9.05. The van der Waals surface area contributed by atoms with Crippen LogP contribution in [-0.4, -0.2) is 30.9 Å². The van der Waals surface area contributed by atoms with Gasteiger partial charge in [-0.1, -0.05) is 18.2 Å². The van der Waals surface area contributed by atoms with Gasteiger partial charge < -0.3 is 10.3 Å². The van der Waals surface area contributed by atoms with Gasteiger partial charge in [0.05, 0.1) is 4.75 Å². The standard InChI is InChI=1S/C14H18N2O3S/c1-14(2,20(3,18)19)9-15-12-8-10-6-4-5-7-11(10)13(17)16-12/h4-8H,9H2,1-3H3,(H2,15,16,17). The Labute approximate surface area is 117 Å². The molecular formula is C14H18N2O3S. The lowest BCUT2D eigenvalue weighted by Gasteiger charge is -2.23. The number of fused-ring (bicyclic) bond motifs is 1. The first-order chi connectivity index (χ1) is 9.21. The van der Waals surface area contributed by atoms with E-state index in [0.717, 1.165) is 5.39 Å². The first kappa shape index (κ1) is 14.6. The number of hydrogen-bond acceptors (Lipinski definition) is 4. The summed E-state index contributed by atoms with van der Waals surface area (Å²) in [6.07, 6.45) is 1.21. The zero-order valence-electron chi connectivity index (χ0n) is 11.7. The van der Waals surface area contributed by atoms with Gasteiger partial charge in [-0.2, -0.15) is 0 Å². The molecule has 108 valence electrons. The van der Waals surface area contributed by atoms with Crippen molar-refractivity contribution in [3.63, 3.8) is 0 Å². The smallest absolute Gasteiger partial charge is 0.257 e. The molecule has 0 atom stereocenters. The number of sulfone groups is 1. The number of H-pyrrole nitrogens is 1. The number of aromatic nitrogens is 1. The van der Waals surface area contributed by atoms with Crippen molar-refractivity contribution >= 4 is 26.4 Å². The first-order valence-corrected chi connectivity index (χ1v) is 8.15. The number of benzene rings is 1. The fourth-order valence-corrected chi connectivity index (χ4v) is 2.08. The Hall–Kier alpha value is -1.82. The molecule has 2 rings (SSSR count). The van der Waals surface area contributed by atoms with E-state index in [4.69, 9.17) is 0 Å². The van der Waals surface area contributed by atoms with Crippen molar-refractivity contribution in [2.45, 2.75) is 18.6 Å². The van der Waals surface area contributed by atoms with Gasteiger partial charge in [0.2, 0.25) is 0 Å². The Kier molecular flexibility index (Phi) is 3.60. The third-order valence-electron chi connectivity index (χ3n) is 3.46. The summed E-state index contributed by atoms with van der Waals surface area (Å²) < 4.78 is 22.4.